The van der Waals surface area contributed by atoms with Crippen LogP contribution in [0.5, 0.6) is 5.75 Å². The Kier molecular flexibility index (Phi) is 5.62. The van der Waals surface area contributed by atoms with Gasteiger partial charge in [0.05, 0.1) is 26.0 Å². The van der Waals surface area contributed by atoms with Crippen molar-refractivity contribution >= 4 is 17.6 Å². The number of carbonyl (C=O) groups is 3. The maximum atomic E-state index is 12.4. The van der Waals surface area contributed by atoms with Crippen LogP contribution < -0.4 is 10.1 Å². The molecular formula is C21H22N2O6. The topological polar surface area (TPSA) is 98.1 Å². The van der Waals surface area contributed by atoms with Gasteiger partial charge in [-0.1, -0.05) is 12.1 Å². The van der Waals surface area contributed by atoms with Crippen LogP contribution >= 0.6 is 0 Å². The monoisotopic (exact) mass is 398 g/mol. The average molecular weight is 398 g/mol. The number of ketones is 1. The van der Waals surface area contributed by atoms with Gasteiger partial charge in [0.2, 0.25) is 5.91 Å². The fraction of sp³-hybridized carbons (Fsp3) is 0.381. The number of hydrogen-bond donors (Lipinski definition) is 1. The van der Waals surface area contributed by atoms with Crippen molar-refractivity contribution in [2.75, 3.05) is 32.8 Å². The summed E-state index contributed by atoms with van der Waals surface area (Å²) in [5.74, 6) is 0.396. The summed E-state index contributed by atoms with van der Waals surface area (Å²) < 4.78 is 16.6. The Balaban J connectivity index is 1.28. The van der Waals surface area contributed by atoms with Crippen LogP contribution in [0, 0.1) is 0 Å². The number of morpholine rings is 1. The summed E-state index contributed by atoms with van der Waals surface area (Å²) in [5.41, 5.74) is 1.68. The molecule has 2 amide bonds. The van der Waals surface area contributed by atoms with Crippen LogP contribution in [-0.2, 0) is 16.0 Å². The minimum absolute atomic E-state index is 0.110. The second kappa shape index (κ2) is 8.48. The molecule has 1 fully saturated rings. The van der Waals surface area contributed by atoms with E-state index in [0.29, 0.717) is 38.3 Å². The molecule has 1 aliphatic carbocycles. The summed E-state index contributed by atoms with van der Waals surface area (Å²) in [6.45, 7) is 1.41. The Bertz CT molecular complexity index is 908. The fourth-order valence-electron chi connectivity index (χ4n) is 3.59. The molecule has 8 heteroatoms. The summed E-state index contributed by atoms with van der Waals surface area (Å²) in [4.78, 5) is 37.8. The minimum atomic E-state index is -0.427. The van der Waals surface area contributed by atoms with Crippen LogP contribution in [0.4, 0.5) is 0 Å². The van der Waals surface area contributed by atoms with Gasteiger partial charge < -0.3 is 24.1 Å². The number of ether oxygens (including phenoxy) is 2. The standard InChI is InChI=1S/C21H22N2O6/c24-17-7-6-16-15(17)3-1-4-18(16)29-13-14-12-23(8-10-27-14)20(25)11-22-21(26)19-5-2-9-28-19/h1-5,9,14H,6-8,10-13H2,(H,22,26). The normalized spacial score (nSPS) is 18.4. The number of nitrogens with zero attached hydrogens (tertiary/aromatic N) is 1. The summed E-state index contributed by atoms with van der Waals surface area (Å²) >= 11 is 0. The van der Waals surface area contributed by atoms with Gasteiger partial charge >= 0.3 is 0 Å². The zero-order valence-electron chi connectivity index (χ0n) is 15.9. The first-order valence-electron chi connectivity index (χ1n) is 9.61. The van der Waals surface area contributed by atoms with E-state index in [9.17, 15) is 14.4 Å². The zero-order valence-corrected chi connectivity index (χ0v) is 15.9. The number of nitrogens with one attached hydrogen (secondary N) is 1. The van der Waals surface area contributed by atoms with E-state index in [4.69, 9.17) is 13.9 Å². The molecule has 2 aliphatic rings. The van der Waals surface area contributed by atoms with Crippen molar-refractivity contribution in [2.45, 2.75) is 18.9 Å². The van der Waals surface area contributed by atoms with E-state index in [0.717, 1.165) is 11.1 Å². The predicted molar refractivity (Wildman–Crippen MR) is 102 cm³/mol. The summed E-state index contributed by atoms with van der Waals surface area (Å²) in [6.07, 6.45) is 2.33. The van der Waals surface area contributed by atoms with Gasteiger partial charge in [0.15, 0.2) is 11.5 Å². The Morgan fingerprint density at radius 3 is 2.93 bits per heavy atom. The molecule has 0 spiro atoms. The molecule has 1 N–H and O–H groups in total. The SMILES string of the molecule is O=C(NCC(=O)N1CCOC(COc2cccc3c2CCC3=O)C1)c1ccco1. The molecule has 152 valence electrons. The van der Waals surface area contributed by atoms with Crippen LogP contribution in [-0.4, -0.2) is 61.4 Å². The van der Waals surface area contributed by atoms with Crippen LogP contribution in [0.15, 0.2) is 41.0 Å². The van der Waals surface area contributed by atoms with Gasteiger partial charge in [-0.05, 0) is 24.6 Å². The number of carbonyl (C=O) groups excluding carboxylic acids is 3. The van der Waals surface area contributed by atoms with Gasteiger partial charge in [-0.2, -0.15) is 0 Å². The smallest absolute Gasteiger partial charge is 0.287 e. The van der Waals surface area contributed by atoms with Gasteiger partial charge in [0.25, 0.3) is 5.91 Å². The van der Waals surface area contributed by atoms with Gasteiger partial charge in [-0.15, -0.1) is 0 Å². The molecular weight excluding hydrogens is 376 g/mol. The summed E-state index contributed by atoms with van der Waals surface area (Å²) in [6, 6.07) is 8.65. The quantitative estimate of drug-likeness (QED) is 0.791. The highest BCUT2D eigenvalue weighted by Gasteiger charge is 2.27. The second-order valence-corrected chi connectivity index (χ2v) is 7.01. The van der Waals surface area contributed by atoms with E-state index in [1.54, 1.807) is 11.0 Å². The third-order valence-electron chi connectivity index (χ3n) is 5.10. The Hall–Kier alpha value is -3.13. The average Bonchev–Trinajstić information content (AvgIpc) is 3.41. The first-order valence-corrected chi connectivity index (χ1v) is 9.61. The molecule has 2 aromatic rings. The van der Waals surface area contributed by atoms with E-state index in [1.807, 2.05) is 18.2 Å². The van der Waals surface area contributed by atoms with Crippen molar-refractivity contribution in [3.63, 3.8) is 0 Å². The summed E-state index contributed by atoms with van der Waals surface area (Å²) in [7, 11) is 0. The number of Topliss-reactive ketones (excluding diaryl/α,β-unsaturated/α-hetero) is 1. The summed E-state index contributed by atoms with van der Waals surface area (Å²) in [5, 5.41) is 2.56. The highest BCUT2D eigenvalue weighted by Crippen LogP contribution is 2.30. The Morgan fingerprint density at radius 1 is 1.21 bits per heavy atom. The van der Waals surface area contributed by atoms with Gasteiger partial charge in [-0.25, -0.2) is 0 Å². The first-order chi connectivity index (χ1) is 14.1. The van der Waals surface area contributed by atoms with Crippen molar-refractivity contribution in [1.29, 1.82) is 0 Å². The van der Waals surface area contributed by atoms with E-state index < -0.39 is 5.91 Å². The van der Waals surface area contributed by atoms with Gasteiger partial charge in [-0.3, -0.25) is 14.4 Å². The number of fused-ring (bicyclic) bond motifs is 1. The van der Waals surface area contributed by atoms with E-state index in [1.165, 1.54) is 12.3 Å². The van der Waals surface area contributed by atoms with Crippen LogP contribution in [0.2, 0.25) is 0 Å². The first kappa shape index (κ1) is 19.2. The molecule has 0 bridgehead atoms. The van der Waals surface area contributed by atoms with E-state index in [-0.39, 0.29) is 36.7 Å². The fourth-order valence-corrected chi connectivity index (χ4v) is 3.59. The second-order valence-electron chi connectivity index (χ2n) is 7.01. The highest BCUT2D eigenvalue weighted by atomic mass is 16.5. The molecule has 8 nitrogen and oxygen atoms in total. The Labute approximate surface area is 167 Å². The maximum Gasteiger partial charge on any atom is 0.287 e. The highest BCUT2D eigenvalue weighted by molar-refractivity contribution is 6.01. The third-order valence-corrected chi connectivity index (χ3v) is 5.10. The largest absolute Gasteiger partial charge is 0.491 e. The number of furan rings is 1. The molecule has 4 rings (SSSR count). The van der Waals surface area contributed by atoms with Crippen LogP contribution in [0.3, 0.4) is 0 Å². The molecule has 1 aromatic carbocycles. The van der Waals surface area contributed by atoms with Crippen molar-refractivity contribution in [3.05, 3.63) is 53.5 Å². The molecule has 2 heterocycles. The molecule has 1 unspecified atom stereocenters. The Morgan fingerprint density at radius 2 is 2.10 bits per heavy atom. The van der Waals surface area contributed by atoms with E-state index in [2.05, 4.69) is 5.32 Å². The van der Waals surface area contributed by atoms with Crippen molar-refractivity contribution in [1.82, 2.24) is 10.2 Å². The lowest BCUT2D eigenvalue weighted by Gasteiger charge is -2.33. The molecule has 1 aromatic heterocycles. The van der Waals surface area contributed by atoms with Gasteiger partial charge in [0, 0.05) is 24.1 Å². The number of hydrogen-bond acceptors (Lipinski definition) is 6. The van der Waals surface area contributed by atoms with Crippen LogP contribution in [0.25, 0.3) is 0 Å². The molecule has 1 aliphatic heterocycles. The molecule has 29 heavy (non-hydrogen) atoms. The zero-order chi connectivity index (χ0) is 20.2. The minimum Gasteiger partial charge on any atom is -0.491 e. The molecule has 0 radical (unpaired) electrons. The lowest BCUT2D eigenvalue weighted by atomic mass is 10.1. The molecule has 1 saturated heterocycles. The van der Waals surface area contributed by atoms with Crippen molar-refractivity contribution < 1.29 is 28.3 Å². The predicted octanol–water partition coefficient (Wildman–Crippen LogP) is 1.44. The molecule has 1 atom stereocenters. The number of rotatable bonds is 6. The number of amides is 2. The van der Waals surface area contributed by atoms with Crippen LogP contribution in [0.1, 0.15) is 32.9 Å². The number of benzene rings is 1. The van der Waals surface area contributed by atoms with Crippen molar-refractivity contribution in [2.24, 2.45) is 0 Å². The third kappa shape index (κ3) is 4.32. The van der Waals surface area contributed by atoms with Gasteiger partial charge in [0.1, 0.15) is 18.5 Å². The molecule has 0 saturated carbocycles. The lowest BCUT2D eigenvalue weighted by molar-refractivity contribution is -0.138. The van der Waals surface area contributed by atoms with E-state index >= 15 is 0 Å². The van der Waals surface area contributed by atoms with Crippen molar-refractivity contribution in [3.8, 4) is 5.75 Å². The lowest BCUT2D eigenvalue weighted by Crippen LogP contribution is -2.50. The maximum absolute atomic E-state index is 12.4.